The van der Waals surface area contributed by atoms with Crippen LogP contribution in [0.4, 0.5) is 20.3 Å². The zero-order chi connectivity index (χ0) is 28.5. The Bertz CT molecular complexity index is 1460. The van der Waals surface area contributed by atoms with E-state index in [1.54, 1.807) is 29.2 Å². The number of aryl methyl sites for hydroxylation is 1. The summed E-state index contributed by atoms with van der Waals surface area (Å²) >= 11 is 0. The van der Waals surface area contributed by atoms with Crippen molar-refractivity contribution in [3.63, 3.8) is 0 Å². The first-order valence-corrected chi connectivity index (χ1v) is 15.4. The molecule has 0 N–H and O–H groups in total. The molecule has 0 aliphatic rings. The third-order valence-corrected chi connectivity index (χ3v) is 11.6. The molecule has 3 heterocycles. The van der Waals surface area contributed by atoms with E-state index in [2.05, 4.69) is 53.9 Å². The van der Waals surface area contributed by atoms with E-state index < -0.39 is 20.0 Å². The molecule has 0 bridgehead atoms. The number of fused-ring (bicyclic) bond motifs is 1. The molecule has 12 heteroatoms. The minimum Gasteiger partial charge on any atom is -0.493 e. The van der Waals surface area contributed by atoms with Gasteiger partial charge in [-0.1, -0.05) is 20.8 Å². The fourth-order valence-electron chi connectivity index (χ4n) is 3.79. The second kappa shape index (κ2) is 10.9. The fourth-order valence-corrected chi connectivity index (χ4v) is 4.82. The Morgan fingerprint density at radius 1 is 1.00 bits per heavy atom. The van der Waals surface area contributed by atoms with Crippen LogP contribution in [0.1, 0.15) is 20.8 Å². The van der Waals surface area contributed by atoms with E-state index in [9.17, 15) is 0 Å². The number of halogens is 2. The quantitative estimate of drug-likeness (QED) is 0.236. The number of nitrogens with zero attached hydrogens (tertiary/aromatic N) is 6. The number of hydrogen-bond donors (Lipinski definition) is 0. The Hall–Kier alpha value is -3.64. The van der Waals surface area contributed by atoms with Gasteiger partial charge < -0.3 is 18.8 Å². The highest BCUT2D eigenvalue weighted by Gasteiger charge is 2.37. The maximum absolute atomic E-state index is 15.7. The third kappa shape index (κ3) is 5.71. The normalized spacial score (nSPS) is 12.2. The number of methoxy groups -OCH3 is 2. The van der Waals surface area contributed by atoms with Gasteiger partial charge in [-0.2, -0.15) is 5.10 Å². The summed E-state index contributed by atoms with van der Waals surface area (Å²) in [5, 5.41) is 4.15. The molecule has 0 unspecified atom stereocenters. The molecule has 0 radical (unpaired) electrons. The predicted octanol–water partition coefficient (Wildman–Crippen LogP) is 5.88. The summed E-state index contributed by atoms with van der Waals surface area (Å²) in [4.78, 5) is 15.2. The van der Waals surface area contributed by atoms with Gasteiger partial charge in [-0.05, 0) is 30.3 Å². The third-order valence-electron chi connectivity index (χ3n) is 7.07. The van der Waals surface area contributed by atoms with Crippen molar-refractivity contribution in [1.82, 2.24) is 24.7 Å². The molecular formula is C27H34F2N6O3Si. The Morgan fingerprint density at radius 2 is 1.67 bits per heavy atom. The van der Waals surface area contributed by atoms with Crippen molar-refractivity contribution in [3.8, 4) is 22.8 Å². The lowest BCUT2D eigenvalue weighted by molar-refractivity contribution is 0.296. The monoisotopic (exact) mass is 556 g/mol. The molecule has 0 aliphatic heterocycles. The number of hydrogen-bond acceptors (Lipinski definition) is 8. The van der Waals surface area contributed by atoms with E-state index in [0.717, 1.165) is 5.56 Å². The molecule has 0 fully saturated rings. The molecular weight excluding hydrogens is 522 g/mol. The van der Waals surface area contributed by atoms with E-state index in [4.69, 9.17) is 13.9 Å². The lowest BCUT2D eigenvalue weighted by Crippen LogP contribution is -2.42. The topological polar surface area (TPSA) is 87.4 Å². The molecule has 208 valence electrons. The summed E-state index contributed by atoms with van der Waals surface area (Å²) in [5.41, 5.74) is 1.85. The van der Waals surface area contributed by atoms with Crippen LogP contribution >= 0.6 is 0 Å². The van der Waals surface area contributed by atoms with Crippen LogP contribution in [0.15, 0.2) is 36.8 Å². The molecule has 0 atom stereocenters. The largest absolute Gasteiger partial charge is 0.493 e. The van der Waals surface area contributed by atoms with Crippen molar-refractivity contribution >= 4 is 31.0 Å². The maximum atomic E-state index is 15.7. The van der Waals surface area contributed by atoms with Gasteiger partial charge >= 0.3 is 0 Å². The highest BCUT2D eigenvalue weighted by Crippen LogP contribution is 2.40. The zero-order valence-corrected chi connectivity index (χ0v) is 24.5. The number of pyridine rings is 1. The molecule has 4 aromatic rings. The first-order chi connectivity index (χ1) is 18.4. The van der Waals surface area contributed by atoms with Crippen LogP contribution in [0.3, 0.4) is 0 Å². The van der Waals surface area contributed by atoms with Gasteiger partial charge in [0.05, 0.1) is 38.9 Å². The van der Waals surface area contributed by atoms with E-state index in [0.29, 0.717) is 16.9 Å². The van der Waals surface area contributed by atoms with Crippen molar-refractivity contribution in [2.24, 2.45) is 7.05 Å². The van der Waals surface area contributed by atoms with Gasteiger partial charge in [0.25, 0.3) is 0 Å². The van der Waals surface area contributed by atoms with E-state index in [1.807, 2.05) is 13.2 Å². The number of anilines is 2. The van der Waals surface area contributed by atoms with Gasteiger partial charge in [0.1, 0.15) is 17.0 Å². The molecule has 0 saturated heterocycles. The van der Waals surface area contributed by atoms with E-state index >= 15 is 8.78 Å². The fraction of sp³-hybridized carbons (Fsp3) is 0.407. The number of benzene rings is 1. The Kier molecular flexibility index (Phi) is 7.89. The maximum Gasteiger partial charge on any atom is 0.192 e. The molecule has 0 spiro atoms. The highest BCUT2D eigenvalue weighted by atomic mass is 28.4. The lowest BCUT2D eigenvalue weighted by atomic mass is 10.2. The summed E-state index contributed by atoms with van der Waals surface area (Å²) in [5.74, 6) is -1.79. The minimum absolute atomic E-state index is 0.0347. The zero-order valence-electron chi connectivity index (χ0n) is 23.5. The SMILES string of the molecule is COc1cc(OC)c(F)c(N(CCO[Si](C)(C)C(C)(C)C)c2ccc3ncc(-c4cnn(C)c4)nc3n2)c1F. The van der Waals surface area contributed by atoms with Crippen LogP contribution in [0.5, 0.6) is 11.5 Å². The highest BCUT2D eigenvalue weighted by molar-refractivity contribution is 6.74. The second-order valence-electron chi connectivity index (χ2n) is 10.7. The van der Waals surface area contributed by atoms with Gasteiger partial charge in [0.2, 0.25) is 0 Å². The molecule has 39 heavy (non-hydrogen) atoms. The van der Waals surface area contributed by atoms with Crippen LogP contribution in [-0.4, -0.2) is 60.4 Å². The molecule has 0 amide bonds. The Balaban J connectivity index is 1.82. The van der Waals surface area contributed by atoms with Crippen molar-refractivity contribution < 1.29 is 22.7 Å². The molecule has 3 aromatic heterocycles. The van der Waals surface area contributed by atoms with Crippen molar-refractivity contribution in [1.29, 1.82) is 0 Å². The van der Waals surface area contributed by atoms with E-state index in [-0.39, 0.29) is 41.2 Å². The summed E-state index contributed by atoms with van der Waals surface area (Å²) in [6.07, 6.45) is 5.13. The summed E-state index contributed by atoms with van der Waals surface area (Å²) in [7, 11) is 2.30. The van der Waals surface area contributed by atoms with E-state index in [1.165, 1.54) is 25.2 Å². The smallest absolute Gasteiger partial charge is 0.192 e. The summed E-state index contributed by atoms with van der Waals surface area (Å²) in [6, 6.07) is 4.54. The van der Waals surface area contributed by atoms with Crippen LogP contribution < -0.4 is 14.4 Å². The molecule has 4 rings (SSSR count). The summed E-state index contributed by atoms with van der Waals surface area (Å²) in [6.45, 7) is 11.0. The first-order valence-electron chi connectivity index (χ1n) is 12.5. The predicted molar refractivity (Wildman–Crippen MR) is 149 cm³/mol. The standard InChI is InChI=1S/C27H34F2N6O3Si/c1-27(2,3)39(7,8)38-12-11-35(25-23(28)20(36-5)13-21(37-6)24(25)29)22-10-9-18-26(33-22)32-19(15-30-18)17-14-31-34(4)16-17/h9-10,13-16H,11-12H2,1-8H3. The van der Waals surface area contributed by atoms with Crippen LogP contribution in [0, 0.1) is 11.6 Å². The van der Waals surface area contributed by atoms with Crippen LogP contribution in [0.2, 0.25) is 18.1 Å². The minimum atomic E-state index is -2.14. The molecule has 9 nitrogen and oxygen atoms in total. The first kappa shape index (κ1) is 28.4. The lowest BCUT2D eigenvalue weighted by Gasteiger charge is -2.37. The van der Waals surface area contributed by atoms with Gasteiger partial charge in [-0.3, -0.25) is 9.67 Å². The van der Waals surface area contributed by atoms with Gasteiger partial charge in [-0.25, -0.2) is 18.7 Å². The average molecular weight is 557 g/mol. The van der Waals surface area contributed by atoms with Gasteiger partial charge in [-0.15, -0.1) is 0 Å². The second-order valence-corrected chi connectivity index (χ2v) is 15.5. The van der Waals surface area contributed by atoms with Crippen LogP contribution in [0.25, 0.3) is 22.4 Å². The van der Waals surface area contributed by atoms with Gasteiger partial charge in [0, 0.05) is 31.4 Å². The molecule has 0 aliphatic carbocycles. The average Bonchev–Trinajstić information content (AvgIpc) is 3.33. The Morgan fingerprint density at radius 3 is 2.23 bits per heavy atom. The number of ether oxygens (including phenoxy) is 2. The molecule has 0 saturated carbocycles. The summed E-state index contributed by atoms with van der Waals surface area (Å²) < 4.78 is 49.7. The number of aromatic nitrogens is 5. The Labute approximate surface area is 227 Å². The van der Waals surface area contributed by atoms with Crippen LogP contribution in [-0.2, 0) is 11.5 Å². The molecule has 1 aromatic carbocycles. The van der Waals surface area contributed by atoms with Crippen molar-refractivity contribution in [3.05, 3.63) is 48.4 Å². The van der Waals surface area contributed by atoms with Crippen molar-refractivity contribution in [2.75, 3.05) is 32.3 Å². The van der Waals surface area contributed by atoms with Crippen molar-refractivity contribution in [2.45, 2.75) is 38.9 Å². The van der Waals surface area contributed by atoms with Gasteiger partial charge in [0.15, 0.2) is 37.1 Å². The number of rotatable bonds is 9.